The van der Waals surface area contributed by atoms with E-state index in [1.54, 1.807) is 20.2 Å². The zero-order valence-electron chi connectivity index (χ0n) is 11.9. The van der Waals surface area contributed by atoms with Crippen LogP contribution >= 0.6 is 0 Å². The van der Waals surface area contributed by atoms with Crippen molar-refractivity contribution in [3.63, 3.8) is 0 Å². The van der Waals surface area contributed by atoms with Crippen LogP contribution < -0.4 is 0 Å². The second kappa shape index (κ2) is 6.34. The molecule has 0 aliphatic rings. The predicted octanol–water partition coefficient (Wildman–Crippen LogP) is 2.23. The molecule has 5 heteroatoms. The maximum atomic E-state index is 12.0. The minimum absolute atomic E-state index is 0.225. The first-order chi connectivity index (χ1) is 9.61. The molecule has 0 bridgehead atoms. The van der Waals surface area contributed by atoms with Crippen molar-refractivity contribution < 1.29 is 14.3 Å². The number of hydrogen-bond acceptors (Lipinski definition) is 4. The average molecular weight is 274 g/mol. The predicted molar refractivity (Wildman–Crippen MR) is 74.2 cm³/mol. The molecule has 106 valence electrons. The Morgan fingerprint density at radius 2 is 1.90 bits per heavy atom. The van der Waals surface area contributed by atoms with E-state index in [2.05, 4.69) is 5.10 Å². The van der Waals surface area contributed by atoms with E-state index in [0.717, 1.165) is 16.8 Å². The first-order valence-electron chi connectivity index (χ1n) is 6.35. The van der Waals surface area contributed by atoms with Crippen LogP contribution in [0.25, 0.3) is 0 Å². The Morgan fingerprint density at radius 1 is 1.25 bits per heavy atom. The lowest BCUT2D eigenvalue weighted by Crippen LogP contribution is -2.11. The Labute approximate surface area is 118 Å². The fourth-order valence-electron chi connectivity index (χ4n) is 2.01. The molecule has 1 aromatic carbocycles. The SMILES string of the molecule is COCc1ccccc1COC(=O)c1cc(C)nn1C. The van der Waals surface area contributed by atoms with E-state index >= 15 is 0 Å². The zero-order chi connectivity index (χ0) is 14.5. The lowest BCUT2D eigenvalue weighted by Gasteiger charge is -2.09. The van der Waals surface area contributed by atoms with Crippen molar-refractivity contribution in [1.82, 2.24) is 9.78 Å². The third-order valence-electron chi connectivity index (χ3n) is 2.99. The number of aromatic nitrogens is 2. The van der Waals surface area contributed by atoms with Crippen molar-refractivity contribution in [2.45, 2.75) is 20.1 Å². The first-order valence-corrected chi connectivity index (χ1v) is 6.35. The van der Waals surface area contributed by atoms with Gasteiger partial charge in [0, 0.05) is 14.2 Å². The van der Waals surface area contributed by atoms with Gasteiger partial charge in [0.1, 0.15) is 12.3 Å². The highest BCUT2D eigenvalue weighted by Crippen LogP contribution is 2.13. The van der Waals surface area contributed by atoms with Crippen LogP contribution in [0.3, 0.4) is 0 Å². The summed E-state index contributed by atoms with van der Waals surface area (Å²) in [5.74, 6) is -0.375. The maximum Gasteiger partial charge on any atom is 0.356 e. The molecule has 1 heterocycles. The molecule has 2 rings (SSSR count). The van der Waals surface area contributed by atoms with Gasteiger partial charge in [0.05, 0.1) is 12.3 Å². The third-order valence-corrected chi connectivity index (χ3v) is 2.99. The molecule has 20 heavy (non-hydrogen) atoms. The molecular formula is C15H18N2O3. The van der Waals surface area contributed by atoms with Gasteiger partial charge in [0.15, 0.2) is 0 Å². The summed E-state index contributed by atoms with van der Waals surface area (Å²) in [6.07, 6.45) is 0. The smallest absolute Gasteiger partial charge is 0.356 e. The largest absolute Gasteiger partial charge is 0.456 e. The van der Waals surface area contributed by atoms with E-state index in [1.807, 2.05) is 31.2 Å². The van der Waals surface area contributed by atoms with E-state index < -0.39 is 0 Å². The molecular weight excluding hydrogens is 256 g/mol. The number of benzene rings is 1. The molecule has 0 radical (unpaired) electrons. The summed E-state index contributed by atoms with van der Waals surface area (Å²) >= 11 is 0. The molecule has 0 aliphatic heterocycles. The normalized spacial score (nSPS) is 10.6. The topological polar surface area (TPSA) is 53.4 Å². The summed E-state index contributed by atoms with van der Waals surface area (Å²) in [6.45, 7) is 2.56. The fourth-order valence-corrected chi connectivity index (χ4v) is 2.01. The van der Waals surface area contributed by atoms with E-state index in [4.69, 9.17) is 9.47 Å². The number of esters is 1. The molecule has 1 aromatic heterocycles. The van der Waals surface area contributed by atoms with Gasteiger partial charge >= 0.3 is 5.97 Å². The fraction of sp³-hybridized carbons (Fsp3) is 0.333. The molecule has 0 atom stereocenters. The number of aryl methyl sites for hydroxylation is 2. The van der Waals surface area contributed by atoms with Crippen LogP contribution in [-0.4, -0.2) is 22.9 Å². The minimum Gasteiger partial charge on any atom is -0.456 e. The Kier molecular flexibility index (Phi) is 4.53. The summed E-state index contributed by atoms with van der Waals surface area (Å²) in [5.41, 5.74) is 3.21. The monoisotopic (exact) mass is 274 g/mol. The molecule has 0 amide bonds. The highest BCUT2D eigenvalue weighted by Gasteiger charge is 2.14. The summed E-state index contributed by atoms with van der Waals surface area (Å²) in [6, 6.07) is 9.45. The molecule has 0 saturated carbocycles. The van der Waals surface area contributed by atoms with Gasteiger partial charge in [-0.25, -0.2) is 4.79 Å². The van der Waals surface area contributed by atoms with Crippen LogP contribution in [0.2, 0.25) is 0 Å². The molecule has 0 N–H and O–H groups in total. The highest BCUT2D eigenvalue weighted by atomic mass is 16.5. The van der Waals surface area contributed by atoms with Crippen LogP contribution in [0, 0.1) is 6.92 Å². The van der Waals surface area contributed by atoms with Gasteiger partial charge in [-0.05, 0) is 24.1 Å². The van der Waals surface area contributed by atoms with E-state index in [9.17, 15) is 4.79 Å². The number of carbonyl (C=O) groups is 1. The van der Waals surface area contributed by atoms with Crippen LogP contribution in [0.15, 0.2) is 30.3 Å². The van der Waals surface area contributed by atoms with Gasteiger partial charge in [0.2, 0.25) is 0 Å². The van der Waals surface area contributed by atoms with Crippen molar-refractivity contribution in [3.8, 4) is 0 Å². The van der Waals surface area contributed by atoms with Gasteiger partial charge in [-0.3, -0.25) is 4.68 Å². The minimum atomic E-state index is -0.375. The molecule has 0 aliphatic carbocycles. The molecule has 2 aromatic rings. The number of rotatable bonds is 5. The van der Waals surface area contributed by atoms with E-state index in [-0.39, 0.29) is 12.6 Å². The first kappa shape index (κ1) is 14.3. The van der Waals surface area contributed by atoms with Gasteiger partial charge in [0.25, 0.3) is 0 Å². The molecule has 0 unspecified atom stereocenters. The Balaban J connectivity index is 2.05. The van der Waals surface area contributed by atoms with Crippen LogP contribution in [0.1, 0.15) is 27.3 Å². The molecule has 5 nitrogen and oxygen atoms in total. The van der Waals surface area contributed by atoms with Crippen molar-refractivity contribution in [3.05, 3.63) is 52.8 Å². The van der Waals surface area contributed by atoms with E-state index in [1.165, 1.54) is 4.68 Å². The number of nitrogens with zero attached hydrogens (tertiary/aromatic N) is 2. The second-order valence-corrected chi connectivity index (χ2v) is 4.57. The number of carbonyl (C=O) groups excluding carboxylic acids is 1. The number of methoxy groups -OCH3 is 1. The van der Waals surface area contributed by atoms with Crippen molar-refractivity contribution in [2.24, 2.45) is 7.05 Å². The Bertz CT molecular complexity index is 605. The summed E-state index contributed by atoms with van der Waals surface area (Å²) in [4.78, 5) is 12.0. The summed E-state index contributed by atoms with van der Waals surface area (Å²) in [7, 11) is 3.36. The number of ether oxygens (including phenoxy) is 2. The lowest BCUT2D eigenvalue weighted by molar-refractivity contribution is 0.0456. The van der Waals surface area contributed by atoms with Gasteiger partial charge < -0.3 is 9.47 Å². The van der Waals surface area contributed by atoms with Crippen LogP contribution in [0.4, 0.5) is 0 Å². The van der Waals surface area contributed by atoms with Crippen LogP contribution in [-0.2, 0) is 29.7 Å². The van der Waals surface area contributed by atoms with E-state index in [0.29, 0.717) is 12.3 Å². The maximum absolute atomic E-state index is 12.0. The van der Waals surface area contributed by atoms with Crippen molar-refractivity contribution >= 4 is 5.97 Å². The molecule has 0 spiro atoms. The molecule has 0 fully saturated rings. The van der Waals surface area contributed by atoms with Gasteiger partial charge in [-0.1, -0.05) is 24.3 Å². The zero-order valence-corrected chi connectivity index (χ0v) is 11.9. The highest BCUT2D eigenvalue weighted by molar-refractivity contribution is 5.87. The Hall–Kier alpha value is -2.14. The van der Waals surface area contributed by atoms with Crippen molar-refractivity contribution in [2.75, 3.05) is 7.11 Å². The van der Waals surface area contributed by atoms with Gasteiger partial charge in [-0.2, -0.15) is 5.10 Å². The quantitative estimate of drug-likeness (QED) is 0.785. The van der Waals surface area contributed by atoms with Crippen LogP contribution in [0.5, 0.6) is 0 Å². The van der Waals surface area contributed by atoms with Gasteiger partial charge in [-0.15, -0.1) is 0 Å². The summed E-state index contributed by atoms with van der Waals surface area (Å²) < 4.78 is 12.0. The summed E-state index contributed by atoms with van der Waals surface area (Å²) in [5, 5.41) is 4.13. The standard InChI is InChI=1S/C15H18N2O3/c1-11-8-14(17(2)16-11)15(18)20-10-13-7-5-4-6-12(13)9-19-3/h4-8H,9-10H2,1-3H3. The number of hydrogen-bond donors (Lipinski definition) is 0. The third kappa shape index (κ3) is 3.24. The average Bonchev–Trinajstić information content (AvgIpc) is 2.77. The second-order valence-electron chi connectivity index (χ2n) is 4.57. The molecule has 0 saturated heterocycles. The lowest BCUT2D eigenvalue weighted by atomic mass is 10.1. The van der Waals surface area contributed by atoms with Crippen molar-refractivity contribution in [1.29, 1.82) is 0 Å². The Morgan fingerprint density at radius 3 is 2.45 bits per heavy atom.